The van der Waals surface area contributed by atoms with Crippen molar-refractivity contribution in [1.82, 2.24) is 0 Å². The maximum atomic E-state index is 10.7. The van der Waals surface area contributed by atoms with E-state index in [2.05, 4.69) is 18.2 Å². The maximum Gasteiger partial charge on any atom is 0.328 e. The van der Waals surface area contributed by atoms with Crippen LogP contribution in [0.15, 0.2) is 85.0 Å². The minimum atomic E-state index is -0.972. The molecule has 0 radical (unpaired) electrons. The molecule has 1 aliphatic carbocycles. The van der Waals surface area contributed by atoms with Crippen molar-refractivity contribution >= 4 is 23.6 Å². The van der Waals surface area contributed by atoms with Crippen LogP contribution in [0.3, 0.4) is 0 Å². The van der Waals surface area contributed by atoms with Crippen LogP contribution in [0.25, 0.3) is 22.8 Å². The molecule has 0 aromatic heterocycles. The molecule has 0 bridgehead atoms. The van der Waals surface area contributed by atoms with Gasteiger partial charge in [-0.2, -0.15) is 0 Å². The van der Waals surface area contributed by atoms with Crippen LogP contribution in [-0.4, -0.2) is 22.2 Å². The highest BCUT2D eigenvalue weighted by atomic mass is 16.4. The zero-order chi connectivity index (χ0) is 19.9. The molecule has 28 heavy (non-hydrogen) atoms. The quantitative estimate of drug-likeness (QED) is 0.696. The van der Waals surface area contributed by atoms with Crippen molar-refractivity contribution in [2.24, 2.45) is 5.92 Å². The van der Waals surface area contributed by atoms with Crippen molar-refractivity contribution in [3.8, 4) is 11.1 Å². The summed E-state index contributed by atoms with van der Waals surface area (Å²) in [6.45, 7) is 0. The second kappa shape index (κ2) is 8.82. The zero-order valence-electron chi connectivity index (χ0n) is 15.2. The van der Waals surface area contributed by atoms with Gasteiger partial charge in [-0.25, -0.2) is 9.59 Å². The van der Waals surface area contributed by atoms with Gasteiger partial charge in [-0.1, -0.05) is 66.8 Å². The van der Waals surface area contributed by atoms with Crippen molar-refractivity contribution in [3.05, 3.63) is 96.1 Å². The summed E-state index contributed by atoms with van der Waals surface area (Å²) in [6, 6.07) is 15.8. The van der Waals surface area contributed by atoms with Crippen molar-refractivity contribution in [1.29, 1.82) is 0 Å². The SMILES string of the molecule is O=C(O)/C=C/c1cccc(-c2ccc(C3=CC(/C=C/C(=O)O)CC=C3)cc2)c1. The van der Waals surface area contributed by atoms with Crippen molar-refractivity contribution in [2.75, 3.05) is 0 Å². The molecule has 4 heteroatoms. The molecule has 3 rings (SSSR count). The zero-order valence-corrected chi connectivity index (χ0v) is 15.2. The first kappa shape index (κ1) is 19.1. The highest BCUT2D eigenvalue weighted by molar-refractivity contribution is 5.86. The molecule has 0 aliphatic heterocycles. The Balaban J connectivity index is 1.80. The Morgan fingerprint density at radius 3 is 2.32 bits per heavy atom. The van der Waals surface area contributed by atoms with Crippen LogP contribution in [-0.2, 0) is 9.59 Å². The van der Waals surface area contributed by atoms with E-state index in [4.69, 9.17) is 10.2 Å². The summed E-state index contributed by atoms with van der Waals surface area (Å²) in [4.78, 5) is 21.4. The Labute approximate surface area is 163 Å². The van der Waals surface area contributed by atoms with Gasteiger partial charge in [0.05, 0.1) is 0 Å². The number of benzene rings is 2. The number of hydrogen-bond acceptors (Lipinski definition) is 2. The predicted octanol–water partition coefficient (Wildman–Crippen LogP) is 5.05. The molecule has 0 spiro atoms. The predicted molar refractivity (Wildman–Crippen MR) is 111 cm³/mol. The average molecular weight is 372 g/mol. The fourth-order valence-corrected chi connectivity index (χ4v) is 3.08. The van der Waals surface area contributed by atoms with Crippen LogP contribution in [0.5, 0.6) is 0 Å². The van der Waals surface area contributed by atoms with Gasteiger partial charge in [0, 0.05) is 12.2 Å². The monoisotopic (exact) mass is 372 g/mol. The van der Waals surface area contributed by atoms with Gasteiger partial charge in [-0.3, -0.25) is 0 Å². The van der Waals surface area contributed by atoms with Crippen molar-refractivity contribution in [2.45, 2.75) is 6.42 Å². The molecule has 0 saturated heterocycles. The number of rotatable bonds is 6. The molecule has 0 heterocycles. The molecule has 2 aromatic carbocycles. The van der Waals surface area contributed by atoms with Crippen LogP contribution in [0, 0.1) is 5.92 Å². The first-order valence-electron chi connectivity index (χ1n) is 8.92. The molecule has 0 saturated carbocycles. The second-order valence-electron chi connectivity index (χ2n) is 6.50. The summed E-state index contributed by atoms with van der Waals surface area (Å²) < 4.78 is 0. The van der Waals surface area contributed by atoms with Gasteiger partial charge >= 0.3 is 11.9 Å². The Hall–Kier alpha value is -3.66. The highest BCUT2D eigenvalue weighted by Crippen LogP contribution is 2.28. The fraction of sp³-hybridized carbons (Fsp3) is 0.0833. The molecule has 140 valence electrons. The summed E-state index contributed by atoms with van der Waals surface area (Å²) >= 11 is 0. The number of carboxylic acids is 2. The van der Waals surface area contributed by atoms with Gasteiger partial charge < -0.3 is 10.2 Å². The minimum Gasteiger partial charge on any atom is -0.478 e. The third-order valence-corrected chi connectivity index (χ3v) is 4.44. The normalized spacial score (nSPS) is 16.4. The molecule has 0 amide bonds. The van der Waals surface area contributed by atoms with E-state index < -0.39 is 11.9 Å². The van der Waals surface area contributed by atoms with Crippen LogP contribution in [0.4, 0.5) is 0 Å². The highest BCUT2D eigenvalue weighted by Gasteiger charge is 2.09. The molecule has 0 fully saturated rings. The van der Waals surface area contributed by atoms with Gasteiger partial charge in [0.1, 0.15) is 0 Å². The summed E-state index contributed by atoms with van der Waals surface area (Å²) in [5, 5.41) is 17.6. The number of aliphatic carboxylic acids is 2. The maximum absolute atomic E-state index is 10.7. The molecule has 4 nitrogen and oxygen atoms in total. The van der Waals surface area contributed by atoms with E-state index in [1.54, 1.807) is 12.2 Å². The van der Waals surface area contributed by atoms with E-state index in [9.17, 15) is 9.59 Å². The molecule has 1 unspecified atom stereocenters. The van der Waals surface area contributed by atoms with Crippen LogP contribution < -0.4 is 0 Å². The summed E-state index contributed by atoms with van der Waals surface area (Å²) in [5.41, 5.74) is 5.01. The van der Waals surface area contributed by atoms with E-state index >= 15 is 0 Å². The Kier molecular flexibility index (Phi) is 6.02. The number of allylic oxidation sites excluding steroid dienone is 5. The Morgan fingerprint density at radius 1 is 0.893 bits per heavy atom. The topological polar surface area (TPSA) is 74.6 Å². The smallest absolute Gasteiger partial charge is 0.328 e. The van der Waals surface area contributed by atoms with Crippen LogP contribution in [0.1, 0.15) is 17.5 Å². The summed E-state index contributed by atoms with van der Waals surface area (Å²) in [6.07, 6.45) is 12.6. The minimum absolute atomic E-state index is 0.0773. The lowest BCUT2D eigenvalue weighted by molar-refractivity contribution is -0.132. The molecule has 1 atom stereocenters. The van der Waals surface area contributed by atoms with Crippen molar-refractivity contribution in [3.63, 3.8) is 0 Å². The fourth-order valence-electron chi connectivity index (χ4n) is 3.08. The molecule has 2 aromatic rings. The number of carboxylic acid groups (broad SMARTS) is 2. The Morgan fingerprint density at radius 2 is 1.61 bits per heavy atom. The van der Waals surface area contributed by atoms with E-state index in [1.807, 2.05) is 48.5 Å². The van der Waals surface area contributed by atoms with E-state index in [0.717, 1.165) is 40.3 Å². The van der Waals surface area contributed by atoms with Crippen LogP contribution in [0.2, 0.25) is 0 Å². The van der Waals surface area contributed by atoms with Gasteiger partial charge in [-0.15, -0.1) is 0 Å². The third kappa shape index (κ3) is 5.17. The standard InChI is InChI=1S/C24H20O4/c25-23(26)13-7-17-3-1-5-21(15-17)19-9-11-20(12-10-19)22-6-2-4-18(16-22)8-14-24(27)28/h1-3,5-16,18H,4H2,(H,25,26)(H,27,28)/b13-7+,14-8+. The first-order valence-corrected chi connectivity index (χ1v) is 8.92. The number of carbonyl (C=O) groups is 2. The van der Waals surface area contributed by atoms with E-state index in [1.165, 1.54) is 6.08 Å². The second-order valence-corrected chi connectivity index (χ2v) is 6.50. The first-order chi connectivity index (χ1) is 13.5. The lowest BCUT2D eigenvalue weighted by Crippen LogP contribution is -1.98. The average Bonchev–Trinajstić information content (AvgIpc) is 2.71. The lowest BCUT2D eigenvalue weighted by atomic mass is 9.91. The molecule has 2 N–H and O–H groups in total. The lowest BCUT2D eigenvalue weighted by Gasteiger charge is -2.14. The largest absolute Gasteiger partial charge is 0.478 e. The molecular weight excluding hydrogens is 352 g/mol. The van der Waals surface area contributed by atoms with E-state index in [0.29, 0.717) is 0 Å². The molecule has 1 aliphatic rings. The third-order valence-electron chi connectivity index (χ3n) is 4.44. The number of hydrogen-bond donors (Lipinski definition) is 2. The summed E-state index contributed by atoms with van der Waals surface area (Å²) in [5.74, 6) is -1.83. The van der Waals surface area contributed by atoms with Gasteiger partial charge in [0.15, 0.2) is 0 Å². The van der Waals surface area contributed by atoms with Crippen LogP contribution >= 0.6 is 0 Å². The van der Waals surface area contributed by atoms with E-state index in [-0.39, 0.29) is 5.92 Å². The molecular formula is C24H20O4. The van der Waals surface area contributed by atoms with Gasteiger partial charge in [0.2, 0.25) is 0 Å². The van der Waals surface area contributed by atoms with Crippen molar-refractivity contribution < 1.29 is 19.8 Å². The van der Waals surface area contributed by atoms with Gasteiger partial charge in [0.25, 0.3) is 0 Å². The summed E-state index contributed by atoms with van der Waals surface area (Å²) in [7, 11) is 0. The Bertz CT molecular complexity index is 992. The van der Waals surface area contributed by atoms with Gasteiger partial charge in [-0.05, 0) is 52.3 Å².